The highest BCUT2D eigenvalue weighted by Gasteiger charge is 2.34. The first-order chi connectivity index (χ1) is 13.5. The minimum atomic E-state index is -4.54. The zero-order chi connectivity index (χ0) is 21.3. The van der Waals surface area contributed by atoms with Crippen LogP contribution >= 0.6 is 23.4 Å². The maximum atomic E-state index is 12.8. The van der Waals surface area contributed by atoms with Gasteiger partial charge in [-0.15, -0.1) is 11.8 Å². The normalized spacial score (nSPS) is 16.0. The van der Waals surface area contributed by atoms with E-state index in [0.717, 1.165) is 30.0 Å². The Morgan fingerprint density at radius 2 is 2.00 bits per heavy atom. The second kappa shape index (κ2) is 7.91. The van der Waals surface area contributed by atoms with Crippen molar-refractivity contribution in [2.45, 2.75) is 22.7 Å². The molecule has 12 heteroatoms. The molecule has 2 N–H and O–H groups in total. The molecule has 2 aromatic carbocycles. The van der Waals surface area contributed by atoms with Crippen LogP contribution < -0.4 is 10.6 Å². The number of hydrogen-bond donors (Lipinski definition) is 2. The molecule has 0 saturated heterocycles. The number of anilines is 2. The second-order valence-electron chi connectivity index (χ2n) is 5.98. The molecule has 2 aromatic rings. The van der Waals surface area contributed by atoms with E-state index in [9.17, 15) is 32.9 Å². The number of fused-ring (bicyclic) bond motifs is 1. The lowest BCUT2D eigenvalue weighted by Gasteiger charge is -2.24. The van der Waals surface area contributed by atoms with Crippen molar-refractivity contribution < 1.29 is 27.7 Å². The van der Waals surface area contributed by atoms with Gasteiger partial charge in [-0.25, -0.2) is 0 Å². The molecule has 1 heterocycles. The SMILES string of the molecule is O=C(C[C@@H]1Sc2ccc(C(F)(F)F)cc2NC1=O)Nc1ccc(Cl)c([N+](=O)[O-])c1. The van der Waals surface area contributed by atoms with Gasteiger partial charge in [-0.3, -0.25) is 19.7 Å². The average Bonchev–Trinajstić information content (AvgIpc) is 2.62. The first-order valence-electron chi connectivity index (χ1n) is 7.97. The molecule has 0 radical (unpaired) electrons. The molecule has 29 heavy (non-hydrogen) atoms. The van der Waals surface area contributed by atoms with Gasteiger partial charge in [-0.2, -0.15) is 13.2 Å². The van der Waals surface area contributed by atoms with Gasteiger partial charge in [-0.05, 0) is 30.3 Å². The van der Waals surface area contributed by atoms with Crippen LogP contribution in [0.1, 0.15) is 12.0 Å². The maximum absolute atomic E-state index is 12.8. The Labute approximate surface area is 170 Å². The number of benzene rings is 2. The van der Waals surface area contributed by atoms with Crippen molar-refractivity contribution in [3.63, 3.8) is 0 Å². The molecule has 0 saturated carbocycles. The smallest absolute Gasteiger partial charge is 0.326 e. The summed E-state index contributed by atoms with van der Waals surface area (Å²) >= 11 is 6.67. The van der Waals surface area contributed by atoms with Gasteiger partial charge < -0.3 is 10.6 Å². The van der Waals surface area contributed by atoms with Gasteiger partial charge in [0.25, 0.3) is 5.69 Å². The number of halogens is 4. The summed E-state index contributed by atoms with van der Waals surface area (Å²) in [7, 11) is 0. The molecule has 0 unspecified atom stereocenters. The molecule has 2 amide bonds. The number of alkyl halides is 3. The van der Waals surface area contributed by atoms with Gasteiger partial charge in [-0.1, -0.05) is 11.6 Å². The topological polar surface area (TPSA) is 101 Å². The molecule has 0 aliphatic carbocycles. The molecule has 1 aliphatic rings. The van der Waals surface area contributed by atoms with Gasteiger partial charge in [0.05, 0.1) is 21.4 Å². The van der Waals surface area contributed by atoms with E-state index in [-0.39, 0.29) is 28.5 Å². The van der Waals surface area contributed by atoms with E-state index in [4.69, 9.17) is 11.6 Å². The van der Waals surface area contributed by atoms with Crippen LogP contribution in [0.4, 0.5) is 30.2 Å². The molecule has 0 bridgehead atoms. The fourth-order valence-electron chi connectivity index (χ4n) is 2.57. The molecule has 3 rings (SSSR count). The number of nitrogens with zero attached hydrogens (tertiary/aromatic N) is 1. The van der Waals surface area contributed by atoms with E-state index in [1.54, 1.807) is 0 Å². The van der Waals surface area contributed by atoms with Crippen molar-refractivity contribution >= 4 is 52.2 Å². The standard InChI is InChI=1S/C17H11ClF3N3O4S/c18-10-3-2-9(6-12(10)24(27)28)22-15(25)7-14-16(26)23-11-5-8(17(19,20)21)1-4-13(11)29-14/h1-6,14H,7H2,(H,22,25)(H,23,26)/t14-/m0/s1. The number of amides is 2. The average molecular weight is 446 g/mol. The molecule has 152 valence electrons. The number of thioether (sulfide) groups is 1. The largest absolute Gasteiger partial charge is 0.416 e. The van der Waals surface area contributed by atoms with Gasteiger partial charge in [0.1, 0.15) is 5.02 Å². The molecule has 1 atom stereocenters. The minimum absolute atomic E-state index is 0.0276. The summed E-state index contributed by atoms with van der Waals surface area (Å²) in [6, 6.07) is 6.68. The highest BCUT2D eigenvalue weighted by atomic mass is 35.5. The molecule has 1 aliphatic heterocycles. The third kappa shape index (κ3) is 4.80. The lowest BCUT2D eigenvalue weighted by Crippen LogP contribution is -2.32. The zero-order valence-electron chi connectivity index (χ0n) is 14.2. The van der Waals surface area contributed by atoms with E-state index >= 15 is 0 Å². The van der Waals surface area contributed by atoms with Crippen LogP contribution in [-0.2, 0) is 15.8 Å². The third-order valence-corrected chi connectivity index (χ3v) is 5.52. The first-order valence-corrected chi connectivity index (χ1v) is 9.23. The quantitative estimate of drug-likeness (QED) is 0.524. The number of nitro groups is 1. The Morgan fingerprint density at radius 1 is 1.28 bits per heavy atom. The summed E-state index contributed by atoms with van der Waals surface area (Å²) in [4.78, 5) is 35.0. The predicted molar refractivity (Wildman–Crippen MR) is 101 cm³/mol. The van der Waals surface area contributed by atoms with Crippen LogP contribution in [0.25, 0.3) is 0 Å². The Balaban J connectivity index is 1.70. The summed E-state index contributed by atoms with van der Waals surface area (Å²) in [6.07, 6.45) is -4.82. The number of carbonyl (C=O) groups excluding carboxylic acids is 2. The second-order valence-corrected chi connectivity index (χ2v) is 7.63. The first kappa shape index (κ1) is 20.9. The van der Waals surface area contributed by atoms with Gasteiger partial charge in [0.15, 0.2) is 0 Å². The van der Waals surface area contributed by atoms with E-state index in [2.05, 4.69) is 10.6 Å². The summed E-state index contributed by atoms with van der Waals surface area (Å²) in [6.45, 7) is 0. The van der Waals surface area contributed by atoms with Crippen LogP contribution in [0, 0.1) is 10.1 Å². The third-order valence-electron chi connectivity index (χ3n) is 3.92. The van der Waals surface area contributed by atoms with E-state index in [1.807, 2.05) is 0 Å². The fourth-order valence-corrected chi connectivity index (χ4v) is 3.85. The Kier molecular flexibility index (Phi) is 5.71. The number of carbonyl (C=O) groups is 2. The van der Waals surface area contributed by atoms with Crippen LogP contribution in [-0.4, -0.2) is 22.0 Å². The number of nitrogens with one attached hydrogen (secondary N) is 2. The molecular weight excluding hydrogens is 435 g/mol. The molecule has 0 fully saturated rings. The monoisotopic (exact) mass is 445 g/mol. The fraction of sp³-hybridized carbons (Fsp3) is 0.176. The molecule has 7 nitrogen and oxygen atoms in total. The summed E-state index contributed by atoms with van der Waals surface area (Å²) < 4.78 is 38.4. The van der Waals surface area contributed by atoms with Crippen molar-refractivity contribution in [3.05, 3.63) is 57.1 Å². The van der Waals surface area contributed by atoms with Crippen LogP contribution in [0.3, 0.4) is 0 Å². The van der Waals surface area contributed by atoms with Crippen molar-refractivity contribution in [2.75, 3.05) is 10.6 Å². The van der Waals surface area contributed by atoms with Crippen LogP contribution in [0.2, 0.25) is 5.02 Å². The summed E-state index contributed by atoms with van der Waals surface area (Å²) in [5, 5.41) is 14.8. The molecule has 0 spiro atoms. The van der Waals surface area contributed by atoms with Gasteiger partial charge in [0, 0.05) is 23.1 Å². The van der Waals surface area contributed by atoms with E-state index in [1.165, 1.54) is 18.2 Å². The lowest BCUT2D eigenvalue weighted by molar-refractivity contribution is -0.384. The van der Waals surface area contributed by atoms with Gasteiger partial charge in [0.2, 0.25) is 11.8 Å². The summed E-state index contributed by atoms with van der Waals surface area (Å²) in [5.41, 5.74) is -1.12. The highest BCUT2D eigenvalue weighted by Crippen LogP contribution is 2.40. The van der Waals surface area contributed by atoms with E-state index in [0.29, 0.717) is 4.90 Å². The Hall–Kier alpha value is -2.79. The number of hydrogen-bond acceptors (Lipinski definition) is 5. The van der Waals surface area contributed by atoms with Crippen molar-refractivity contribution in [2.24, 2.45) is 0 Å². The van der Waals surface area contributed by atoms with Gasteiger partial charge >= 0.3 is 6.18 Å². The molecular formula is C17H11ClF3N3O4S. The van der Waals surface area contributed by atoms with Crippen molar-refractivity contribution in [3.8, 4) is 0 Å². The number of rotatable bonds is 4. The van der Waals surface area contributed by atoms with Crippen LogP contribution in [0.5, 0.6) is 0 Å². The predicted octanol–water partition coefficient (Wildman–Crippen LogP) is 4.71. The Bertz CT molecular complexity index is 1020. The van der Waals surface area contributed by atoms with Crippen molar-refractivity contribution in [1.82, 2.24) is 0 Å². The zero-order valence-corrected chi connectivity index (χ0v) is 15.8. The van der Waals surface area contributed by atoms with Crippen LogP contribution in [0.15, 0.2) is 41.3 Å². The number of nitro benzene ring substituents is 1. The van der Waals surface area contributed by atoms with E-state index < -0.39 is 33.7 Å². The lowest BCUT2D eigenvalue weighted by atomic mass is 10.1. The molecule has 0 aromatic heterocycles. The minimum Gasteiger partial charge on any atom is -0.326 e. The summed E-state index contributed by atoms with van der Waals surface area (Å²) in [5.74, 6) is -1.20. The highest BCUT2D eigenvalue weighted by molar-refractivity contribution is 8.01. The maximum Gasteiger partial charge on any atom is 0.416 e. The van der Waals surface area contributed by atoms with Crippen molar-refractivity contribution in [1.29, 1.82) is 0 Å². The Morgan fingerprint density at radius 3 is 2.66 bits per heavy atom.